The average Bonchev–Trinajstić information content (AvgIpc) is 2.95. The molecule has 0 fully saturated rings. The Balaban J connectivity index is 1.65. The minimum Gasteiger partial charge on any atom is -0.457 e. The summed E-state index contributed by atoms with van der Waals surface area (Å²) in [4.78, 5) is 3.33. The topological polar surface area (TPSA) is 35.2 Å². The van der Waals surface area contributed by atoms with Gasteiger partial charge in [0, 0.05) is 0 Å². The van der Waals surface area contributed by atoms with Crippen LogP contribution in [-0.4, -0.2) is 12.4 Å². The average molecular weight is 253 g/mol. The Morgan fingerprint density at radius 1 is 0.895 bits per heavy atom. The maximum Gasteiger partial charge on any atom is 0.247 e. The van der Waals surface area contributed by atoms with E-state index in [0.717, 1.165) is 30.2 Å². The highest BCUT2D eigenvalue weighted by Gasteiger charge is 2.12. The Bertz CT molecular complexity index is 561. The third-order valence-corrected chi connectivity index (χ3v) is 3.07. The molecule has 2 aromatic carbocycles. The summed E-state index contributed by atoms with van der Waals surface area (Å²) >= 11 is 0. The van der Waals surface area contributed by atoms with Gasteiger partial charge in [-0.2, -0.15) is 0 Å². The largest absolute Gasteiger partial charge is 0.457 e. The first-order chi connectivity index (χ1) is 9.40. The zero-order valence-electron chi connectivity index (χ0n) is 10.7. The fourth-order valence-corrected chi connectivity index (χ4v) is 2.10. The minimum atomic E-state index is 0.848. The first-order valence-electron chi connectivity index (χ1n) is 6.60. The summed E-state index contributed by atoms with van der Waals surface area (Å²) in [6, 6.07) is 17.8. The van der Waals surface area contributed by atoms with Gasteiger partial charge in [0.1, 0.15) is 17.2 Å². The van der Waals surface area contributed by atoms with E-state index in [4.69, 9.17) is 4.74 Å². The monoisotopic (exact) mass is 253 g/mol. The lowest BCUT2D eigenvalue weighted by molar-refractivity contribution is -0.447. The summed E-state index contributed by atoms with van der Waals surface area (Å²) in [6.45, 7) is 1.07. The van der Waals surface area contributed by atoms with E-state index in [1.165, 1.54) is 12.3 Å². The van der Waals surface area contributed by atoms with E-state index >= 15 is 0 Å². The summed E-state index contributed by atoms with van der Waals surface area (Å²) in [5.41, 5.74) is 1.09. The third kappa shape index (κ3) is 3.13. The Kier molecular flexibility index (Phi) is 3.45. The third-order valence-electron chi connectivity index (χ3n) is 3.07. The maximum atomic E-state index is 5.75. The van der Waals surface area contributed by atoms with Crippen LogP contribution in [0.4, 0.5) is 5.69 Å². The number of amidine groups is 1. The molecule has 0 amide bonds. The van der Waals surface area contributed by atoms with E-state index in [1.807, 2.05) is 54.6 Å². The van der Waals surface area contributed by atoms with Crippen LogP contribution in [0.3, 0.4) is 0 Å². The molecule has 3 heteroatoms. The molecule has 19 heavy (non-hydrogen) atoms. The van der Waals surface area contributed by atoms with Crippen LogP contribution in [0.15, 0.2) is 54.6 Å². The summed E-state index contributed by atoms with van der Waals surface area (Å²) in [6.07, 6.45) is 2.31. The Morgan fingerprint density at radius 3 is 2.32 bits per heavy atom. The summed E-state index contributed by atoms with van der Waals surface area (Å²) in [5, 5.41) is 3.38. The van der Waals surface area contributed by atoms with Crippen molar-refractivity contribution in [3.63, 3.8) is 0 Å². The van der Waals surface area contributed by atoms with Gasteiger partial charge in [-0.15, -0.1) is 0 Å². The van der Waals surface area contributed by atoms with Crippen molar-refractivity contribution < 1.29 is 9.73 Å². The van der Waals surface area contributed by atoms with Gasteiger partial charge in [-0.25, -0.2) is 5.32 Å². The first-order valence-corrected chi connectivity index (χ1v) is 6.60. The van der Waals surface area contributed by atoms with Gasteiger partial charge in [-0.3, -0.25) is 4.99 Å². The second-order valence-electron chi connectivity index (χ2n) is 4.57. The van der Waals surface area contributed by atoms with Gasteiger partial charge in [-0.1, -0.05) is 18.2 Å². The smallest absolute Gasteiger partial charge is 0.247 e. The summed E-state index contributed by atoms with van der Waals surface area (Å²) in [5.74, 6) is 2.91. The van der Waals surface area contributed by atoms with E-state index < -0.39 is 0 Å². The highest BCUT2D eigenvalue weighted by Crippen LogP contribution is 2.22. The molecule has 1 aliphatic heterocycles. The van der Waals surface area contributed by atoms with Crippen molar-refractivity contribution in [2.75, 3.05) is 11.9 Å². The number of anilines is 1. The highest BCUT2D eigenvalue weighted by atomic mass is 16.5. The van der Waals surface area contributed by atoms with Crippen LogP contribution in [0.2, 0.25) is 0 Å². The van der Waals surface area contributed by atoms with E-state index in [-0.39, 0.29) is 0 Å². The van der Waals surface area contributed by atoms with Crippen LogP contribution in [-0.2, 0) is 0 Å². The number of ether oxygens (including phenoxy) is 1. The predicted molar refractivity (Wildman–Crippen MR) is 76.7 cm³/mol. The fourth-order valence-electron chi connectivity index (χ4n) is 2.10. The normalized spacial score (nSPS) is 14.0. The zero-order chi connectivity index (χ0) is 12.9. The van der Waals surface area contributed by atoms with Gasteiger partial charge < -0.3 is 4.74 Å². The number of para-hydroxylation sites is 1. The number of benzene rings is 2. The lowest BCUT2D eigenvalue weighted by Crippen LogP contribution is -2.70. The lowest BCUT2D eigenvalue weighted by Gasteiger charge is -2.05. The zero-order valence-corrected chi connectivity index (χ0v) is 10.7. The standard InChI is InChI=1S/C16H16N2O/c1-2-5-14(6-3-1)19-15-10-8-13(9-11-15)18-16-7-4-12-17-16/h1-3,5-6,8-11H,4,7,12H2,(H,17,18)/p+1. The van der Waals surface area contributed by atoms with E-state index in [2.05, 4.69) is 10.3 Å². The molecule has 0 saturated carbocycles. The number of nitrogens with one attached hydrogen (secondary N) is 2. The Hall–Kier alpha value is -2.29. The molecule has 2 N–H and O–H groups in total. The molecule has 1 aliphatic rings. The fraction of sp³-hybridized carbons (Fsp3) is 0.188. The molecule has 0 bridgehead atoms. The van der Waals surface area contributed by atoms with Gasteiger partial charge in [0.25, 0.3) is 0 Å². The molecule has 3 rings (SSSR count). The molecule has 0 aliphatic carbocycles. The molecule has 3 nitrogen and oxygen atoms in total. The van der Waals surface area contributed by atoms with Gasteiger partial charge in [-0.05, 0) is 42.8 Å². The van der Waals surface area contributed by atoms with E-state index in [9.17, 15) is 0 Å². The molecule has 0 spiro atoms. The predicted octanol–water partition coefficient (Wildman–Crippen LogP) is 2.16. The Morgan fingerprint density at radius 2 is 1.63 bits per heavy atom. The van der Waals surface area contributed by atoms with Crippen molar-refractivity contribution in [3.8, 4) is 11.5 Å². The number of hydrogen-bond acceptors (Lipinski definition) is 2. The van der Waals surface area contributed by atoms with Crippen LogP contribution in [0.1, 0.15) is 12.8 Å². The van der Waals surface area contributed by atoms with Crippen LogP contribution in [0.25, 0.3) is 0 Å². The quantitative estimate of drug-likeness (QED) is 0.879. The van der Waals surface area contributed by atoms with Gasteiger partial charge in [0.15, 0.2) is 0 Å². The summed E-state index contributed by atoms with van der Waals surface area (Å²) in [7, 11) is 0. The second kappa shape index (κ2) is 5.57. The van der Waals surface area contributed by atoms with Crippen molar-refractivity contribution in [3.05, 3.63) is 54.6 Å². The second-order valence-corrected chi connectivity index (χ2v) is 4.57. The van der Waals surface area contributed by atoms with E-state index in [1.54, 1.807) is 0 Å². The van der Waals surface area contributed by atoms with Crippen molar-refractivity contribution in [1.82, 2.24) is 0 Å². The van der Waals surface area contributed by atoms with Crippen LogP contribution >= 0.6 is 0 Å². The molecular weight excluding hydrogens is 236 g/mol. The molecule has 2 aromatic rings. The van der Waals surface area contributed by atoms with Gasteiger partial charge in [0.05, 0.1) is 13.0 Å². The van der Waals surface area contributed by atoms with Crippen molar-refractivity contribution >= 4 is 11.5 Å². The molecule has 0 radical (unpaired) electrons. The Labute approximate surface area is 113 Å². The highest BCUT2D eigenvalue weighted by molar-refractivity contribution is 5.91. The van der Waals surface area contributed by atoms with Gasteiger partial charge >= 0.3 is 0 Å². The molecular formula is C16H17N2O+. The van der Waals surface area contributed by atoms with Crippen molar-refractivity contribution in [2.45, 2.75) is 12.8 Å². The maximum absolute atomic E-state index is 5.75. The first kappa shape index (κ1) is 11.8. The van der Waals surface area contributed by atoms with Crippen LogP contribution in [0.5, 0.6) is 11.5 Å². The lowest BCUT2D eigenvalue weighted by atomic mass is 10.2. The molecule has 96 valence electrons. The van der Waals surface area contributed by atoms with Crippen LogP contribution < -0.4 is 15.0 Å². The minimum absolute atomic E-state index is 0.848. The van der Waals surface area contributed by atoms with Crippen molar-refractivity contribution in [2.24, 2.45) is 0 Å². The number of rotatable bonds is 3. The van der Waals surface area contributed by atoms with Gasteiger partial charge in [0.2, 0.25) is 5.84 Å². The molecule has 0 atom stereocenters. The van der Waals surface area contributed by atoms with E-state index in [0.29, 0.717) is 0 Å². The molecule has 0 unspecified atom stereocenters. The molecule has 0 saturated heterocycles. The molecule has 1 heterocycles. The van der Waals surface area contributed by atoms with Crippen molar-refractivity contribution in [1.29, 1.82) is 0 Å². The number of hydrogen-bond donors (Lipinski definition) is 2. The van der Waals surface area contributed by atoms with Crippen LogP contribution in [0, 0.1) is 0 Å². The SMILES string of the molecule is c1ccc(Oc2ccc(NC3=[NH+]CCC3)cc2)cc1. The summed E-state index contributed by atoms with van der Waals surface area (Å²) < 4.78 is 5.75. The molecule has 0 aromatic heterocycles.